The molecule has 0 unspecified atom stereocenters. The molecule has 5 rings (SSSR count). The number of fused-ring (bicyclic) bond motifs is 2. The van der Waals surface area contributed by atoms with Gasteiger partial charge in [-0.25, -0.2) is 0 Å². The first-order chi connectivity index (χ1) is 17.0. The lowest BCUT2D eigenvalue weighted by atomic mass is 10.0. The molecular formula is C26H23N3O5S. The molecule has 2 heterocycles. The number of thioether (sulfide) groups is 1. The van der Waals surface area contributed by atoms with Crippen LogP contribution in [0.2, 0.25) is 0 Å². The van der Waals surface area contributed by atoms with E-state index in [9.17, 15) is 14.4 Å². The summed E-state index contributed by atoms with van der Waals surface area (Å²) in [5, 5.41) is 2.83. The Balaban J connectivity index is 1.47. The summed E-state index contributed by atoms with van der Waals surface area (Å²) in [5.74, 6) is 0.633. The van der Waals surface area contributed by atoms with Crippen molar-refractivity contribution in [2.75, 3.05) is 41.6 Å². The number of nitrogens with zero attached hydrogens (tertiary/aromatic N) is 2. The van der Waals surface area contributed by atoms with Gasteiger partial charge in [0.25, 0.3) is 5.91 Å². The first-order valence-corrected chi connectivity index (χ1v) is 11.9. The minimum Gasteiger partial charge on any atom is -0.497 e. The SMILES string of the molecule is COc1ccc(NC(=O)CN2C(=O)[C@]3(SCC(=O)N3c3ccc(OC)cc3)c3ccccc32)cc1. The molecule has 178 valence electrons. The molecule has 1 N–H and O–H groups in total. The molecule has 0 radical (unpaired) electrons. The van der Waals surface area contributed by atoms with Gasteiger partial charge in [-0.05, 0) is 54.6 Å². The average Bonchev–Trinajstić information content (AvgIpc) is 3.35. The van der Waals surface area contributed by atoms with Gasteiger partial charge in [0, 0.05) is 16.9 Å². The second kappa shape index (κ2) is 8.99. The van der Waals surface area contributed by atoms with Gasteiger partial charge in [0.1, 0.15) is 18.0 Å². The number of amides is 3. The lowest BCUT2D eigenvalue weighted by Gasteiger charge is -2.33. The Morgan fingerprint density at radius 1 is 0.943 bits per heavy atom. The maximum Gasteiger partial charge on any atom is 0.269 e. The van der Waals surface area contributed by atoms with Crippen molar-refractivity contribution in [3.63, 3.8) is 0 Å². The smallest absolute Gasteiger partial charge is 0.269 e. The van der Waals surface area contributed by atoms with Crippen LogP contribution >= 0.6 is 11.8 Å². The summed E-state index contributed by atoms with van der Waals surface area (Å²) >= 11 is 1.27. The normalized spacial score (nSPS) is 18.7. The van der Waals surface area contributed by atoms with Crippen LogP contribution in [0.1, 0.15) is 5.56 Å². The van der Waals surface area contributed by atoms with E-state index in [4.69, 9.17) is 9.47 Å². The fourth-order valence-electron chi connectivity index (χ4n) is 4.46. The van der Waals surface area contributed by atoms with E-state index in [0.717, 1.165) is 0 Å². The topological polar surface area (TPSA) is 88.2 Å². The van der Waals surface area contributed by atoms with Crippen molar-refractivity contribution in [2.45, 2.75) is 4.87 Å². The molecule has 3 amide bonds. The van der Waals surface area contributed by atoms with Crippen LogP contribution < -0.4 is 24.6 Å². The van der Waals surface area contributed by atoms with Gasteiger partial charge >= 0.3 is 0 Å². The Hall–Kier alpha value is -3.98. The number of carbonyl (C=O) groups is 3. The summed E-state index contributed by atoms with van der Waals surface area (Å²) in [7, 11) is 3.14. The highest BCUT2D eigenvalue weighted by Crippen LogP contribution is 2.55. The molecule has 2 aliphatic rings. The number of carbonyl (C=O) groups excluding carboxylic acids is 3. The Labute approximate surface area is 206 Å². The van der Waals surface area contributed by atoms with Crippen LogP contribution in [-0.2, 0) is 19.3 Å². The van der Waals surface area contributed by atoms with E-state index >= 15 is 0 Å². The van der Waals surface area contributed by atoms with E-state index in [0.29, 0.717) is 34.1 Å². The number of rotatable bonds is 6. The zero-order valence-electron chi connectivity index (χ0n) is 19.2. The van der Waals surface area contributed by atoms with Crippen LogP contribution in [0.4, 0.5) is 17.1 Å². The highest BCUT2D eigenvalue weighted by atomic mass is 32.2. The van der Waals surface area contributed by atoms with Gasteiger partial charge in [0.15, 0.2) is 0 Å². The maximum absolute atomic E-state index is 14.0. The highest BCUT2D eigenvalue weighted by Gasteiger charge is 2.61. The molecule has 1 spiro atoms. The third-order valence-electron chi connectivity index (χ3n) is 6.07. The van der Waals surface area contributed by atoms with Crippen LogP contribution in [0, 0.1) is 0 Å². The van der Waals surface area contributed by atoms with E-state index in [1.54, 1.807) is 73.7 Å². The maximum atomic E-state index is 14.0. The molecule has 35 heavy (non-hydrogen) atoms. The largest absolute Gasteiger partial charge is 0.497 e. The van der Waals surface area contributed by atoms with Crippen molar-refractivity contribution in [2.24, 2.45) is 0 Å². The van der Waals surface area contributed by atoms with Crippen molar-refractivity contribution in [3.8, 4) is 11.5 Å². The van der Waals surface area contributed by atoms with E-state index in [-0.39, 0.29) is 30.0 Å². The van der Waals surface area contributed by atoms with E-state index < -0.39 is 4.87 Å². The lowest BCUT2D eigenvalue weighted by Crippen LogP contribution is -2.50. The summed E-state index contributed by atoms with van der Waals surface area (Å²) in [5.41, 5.74) is 2.49. The standard InChI is InChI=1S/C26H23N3O5S/c1-33-19-11-7-17(8-12-19)27-23(30)15-28-22-6-4-3-5-21(22)26(25(28)32)29(24(31)16-35-26)18-9-13-20(34-2)14-10-18/h3-14H,15-16H2,1-2H3,(H,27,30)/t26-/m1/s1. The quantitative estimate of drug-likeness (QED) is 0.569. The molecule has 3 aromatic rings. The summed E-state index contributed by atoms with van der Waals surface area (Å²) in [6.45, 7) is -0.186. The fourth-order valence-corrected chi connectivity index (χ4v) is 5.82. The van der Waals surface area contributed by atoms with Gasteiger partial charge in [-0.15, -0.1) is 11.8 Å². The number of hydrogen-bond donors (Lipinski definition) is 1. The molecule has 0 aliphatic carbocycles. The van der Waals surface area contributed by atoms with E-state index in [1.807, 2.05) is 18.2 Å². The molecule has 8 nitrogen and oxygen atoms in total. The second-order valence-corrected chi connectivity index (χ2v) is 9.21. The molecule has 3 aromatic carbocycles. The van der Waals surface area contributed by atoms with Gasteiger partial charge in [0.05, 0.1) is 25.7 Å². The third-order valence-corrected chi connectivity index (χ3v) is 7.46. The minimum atomic E-state index is -1.28. The highest BCUT2D eigenvalue weighted by molar-refractivity contribution is 8.02. The number of methoxy groups -OCH3 is 2. The Morgan fingerprint density at radius 3 is 2.23 bits per heavy atom. The van der Waals surface area contributed by atoms with Gasteiger partial charge in [-0.2, -0.15) is 0 Å². The van der Waals surface area contributed by atoms with Crippen molar-refractivity contribution in [3.05, 3.63) is 78.4 Å². The average molecular weight is 490 g/mol. The number of hydrogen-bond acceptors (Lipinski definition) is 6. The van der Waals surface area contributed by atoms with Crippen molar-refractivity contribution in [1.82, 2.24) is 0 Å². The Morgan fingerprint density at radius 2 is 1.57 bits per heavy atom. The summed E-state index contributed by atoms with van der Waals surface area (Å²) < 4.78 is 10.4. The van der Waals surface area contributed by atoms with Gasteiger partial charge in [-0.3, -0.25) is 24.2 Å². The van der Waals surface area contributed by atoms with E-state index in [2.05, 4.69) is 5.32 Å². The fraction of sp³-hybridized carbons (Fsp3) is 0.192. The monoisotopic (exact) mass is 489 g/mol. The third kappa shape index (κ3) is 3.77. The van der Waals surface area contributed by atoms with Crippen molar-refractivity contribution in [1.29, 1.82) is 0 Å². The van der Waals surface area contributed by atoms with Crippen LogP contribution in [0.25, 0.3) is 0 Å². The molecule has 9 heteroatoms. The number of benzene rings is 3. The summed E-state index contributed by atoms with van der Waals surface area (Å²) in [6.07, 6.45) is 0. The first kappa shape index (κ1) is 22.8. The molecule has 0 bridgehead atoms. The zero-order chi connectivity index (χ0) is 24.6. The molecular weight excluding hydrogens is 466 g/mol. The Bertz CT molecular complexity index is 1300. The van der Waals surface area contributed by atoms with E-state index in [1.165, 1.54) is 16.7 Å². The summed E-state index contributed by atoms with van der Waals surface area (Å²) in [4.78, 5) is 41.7. The molecule has 1 atom stereocenters. The molecule has 0 aromatic heterocycles. The second-order valence-electron chi connectivity index (χ2n) is 8.04. The zero-order valence-corrected chi connectivity index (χ0v) is 20.0. The number of nitrogens with one attached hydrogen (secondary N) is 1. The molecule has 0 saturated carbocycles. The molecule has 1 fully saturated rings. The summed E-state index contributed by atoms with van der Waals surface area (Å²) in [6, 6.07) is 21.3. The van der Waals surface area contributed by atoms with Gasteiger partial charge in [0.2, 0.25) is 16.7 Å². The number of ether oxygens (including phenoxy) is 2. The lowest BCUT2D eigenvalue weighted by molar-refractivity contribution is -0.124. The molecule has 1 saturated heterocycles. The van der Waals surface area contributed by atoms with Gasteiger partial charge < -0.3 is 14.8 Å². The molecule has 2 aliphatic heterocycles. The number of anilines is 3. The van der Waals surface area contributed by atoms with Gasteiger partial charge in [-0.1, -0.05) is 18.2 Å². The Kier molecular flexibility index (Phi) is 5.86. The van der Waals surface area contributed by atoms with Crippen LogP contribution in [0.5, 0.6) is 11.5 Å². The van der Waals surface area contributed by atoms with Crippen molar-refractivity contribution < 1.29 is 23.9 Å². The van der Waals surface area contributed by atoms with Crippen molar-refractivity contribution >= 4 is 46.5 Å². The predicted octanol–water partition coefficient (Wildman–Crippen LogP) is 3.62. The van der Waals surface area contributed by atoms with Crippen LogP contribution in [-0.4, -0.2) is 44.2 Å². The predicted molar refractivity (Wildman–Crippen MR) is 135 cm³/mol. The number of para-hydroxylation sites is 1. The van der Waals surface area contributed by atoms with Crippen LogP contribution in [0.15, 0.2) is 72.8 Å². The first-order valence-electron chi connectivity index (χ1n) is 10.9. The minimum absolute atomic E-state index is 0.151. The van der Waals surface area contributed by atoms with Crippen LogP contribution in [0.3, 0.4) is 0 Å².